The lowest BCUT2D eigenvalue weighted by molar-refractivity contribution is -0.139. The molecule has 1 heterocycles. The van der Waals surface area contributed by atoms with Gasteiger partial charge in [0.15, 0.2) is 22.0 Å². The van der Waals surface area contributed by atoms with E-state index >= 15 is 0 Å². The molecule has 156 valence electrons. The topological polar surface area (TPSA) is 99.9 Å². The first-order valence-electron chi connectivity index (χ1n) is 7.91. The number of hydrogen-bond acceptors (Lipinski definition) is 7. The molecule has 0 unspecified atom stereocenters. The van der Waals surface area contributed by atoms with E-state index in [1.165, 1.54) is 13.2 Å². The van der Waals surface area contributed by atoms with E-state index in [1.807, 2.05) is 0 Å². The first-order chi connectivity index (χ1) is 13.6. The lowest BCUT2D eigenvalue weighted by Gasteiger charge is -2.18. The van der Waals surface area contributed by atoms with Crippen molar-refractivity contribution in [3.8, 4) is 17.2 Å². The van der Waals surface area contributed by atoms with Gasteiger partial charge in [0.05, 0.1) is 26.9 Å². The molecule has 1 aromatic heterocycles. The highest BCUT2D eigenvalue weighted by Crippen LogP contribution is 2.44. The molecule has 3 rings (SSSR count). The molecule has 0 atom stereocenters. The van der Waals surface area contributed by atoms with E-state index < -0.39 is 32.4 Å². The van der Waals surface area contributed by atoms with E-state index in [0.717, 1.165) is 20.3 Å². The SMILES string of the molecule is COc1ccc(C(F)(F)F)c(OC)c1S(=O)(=O)Nc1noc2cccc(OC)c12. The Labute approximate surface area is 163 Å². The van der Waals surface area contributed by atoms with Crippen LogP contribution >= 0.6 is 0 Å². The Morgan fingerprint density at radius 1 is 1.00 bits per heavy atom. The largest absolute Gasteiger partial charge is 0.496 e. The van der Waals surface area contributed by atoms with Crippen LogP contribution in [-0.2, 0) is 16.2 Å². The van der Waals surface area contributed by atoms with Gasteiger partial charge in [-0.15, -0.1) is 0 Å². The number of methoxy groups -OCH3 is 3. The van der Waals surface area contributed by atoms with Crippen LogP contribution in [-0.4, -0.2) is 34.9 Å². The van der Waals surface area contributed by atoms with Crippen molar-refractivity contribution in [2.75, 3.05) is 26.1 Å². The molecule has 0 radical (unpaired) electrons. The molecule has 0 aliphatic carbocycles. The molecule has 0 aliphatic rings. The number of aromatic nitrogens is 1. The fraction of sp³-hybridized carbons (Fsp3) is 0.235. The van der Waals surface area contributed by atoms with Crippen LogP contribution < -0.4 is 18.9 Å². The molecule has 0 fully saturated rings. The maximum atomic E-state index is 13.3. The number of hydrogen-bond donors (Lipinski definition) is 1. The minimum atomic E-state index is -4.86. The summed E-state index contributed by atoms with van der Waals surface area (Å²) in [4.78, 5) is -0.830. The molecule has 8 nitrogen and oxygen atoms in total. The second kappa shape index (κ2) is 7.35. The van der Waals surface area contributed by atoms with Gasteiger partial charge in [-0.1, -0.05) is 11.2 Å². The molecular formula is C17H15F3N2O6S. The van der Waals surface area contributed by atoms with Gasteiger partial charge in [-0.3, -0.25) is 4.72 Å². The number of alkyl halides is 3. The smallest absolute Gasteiger partial charge is 0.420 e. The molecule has 0 bridgehead atoms. The average Bonchev–Trinajstić information content (AvgIpc) is 3.08. The number of nitrogens with one attached hydrogen (secondary N) is 1. The zero-order chi connectivity index (χ0) is 21.4. The van der Waals surface area contributed by atoms with Crippen molar-refractivity contribution in [1.29, 1.82) is 0 Å². The Morgan fingerprint density at radius 2 is 1.69 bits per heavy atom. The van der Waals surface area contributed by atoms with Crippen molar-refractivity contribution < 1.29 is 40.3 Å². The molecular weight excluding hydrogens is 417 g/mol. The number of halogens is 3. The predicted molar refractivity (Wildman–Crippen MR) is 95.9 cm³/mol. The third-order valence-corrected chi connectivity index (χ3v) is 5.37. The number of anilines is 1. The molecule has 12 heteroatoms. The van der Waals surface area contributed by atoms with E-state index in [4.69, 9.17) is 18.7 Å². The summed E-state index contributed by atoms with van der Waals surface area (Å²) in [7, 11) is -1.24. The summed E-state index contributed by atoms with van der Waals surface area (Å²) in [5.74, 6) is -1.27. The molecule has 0 saturated heterocycles. The summed E-state index contributed by atoms with van der Waals surface area (Å²) in [5.41, 5.74) is -1.06. The lowest BCUT2D eigenvalue weighted by atomic mass is 10.2. The summed E-state index contributed by atoms with van der Waals surface area (Å²) < 4.78 is 88.2. The van der Waals surface area contributed by atoms with Crippen LogP contribution in [0.15, 0.2) is 39.8 Å². The third-order valence-electron chi connectivity index (χ3n) is 3.99. The van der Waals surface area contributed by atoms with E-state index in [0.29, 0.717) is 6.07 Å². The number of benzene rings is 2. The van der Waals surface area contributed by atoms with Gasteiger partial charge in [0.1, 0.15) is 16.9 Å². The van der Waals surface area contributed by atoms with Crippen molar-refractivity contribution in [3.05, 3.63) is 35.9 Å². The minimum Gasteiger partial charge on any atom is -0.496 e. The van der Waals surface area contributed by atoms with Crippen LogP contribution in [0.2, 0.25) is 0 Å². The Bertz CT molecular complexity index is 1160. The number of ether oxygens (including phenoxy) is 3. The molecule has 1 N–H and O–H groups in total. The van der Waals surface area contributed by atoms with Gasteiger partial charge in [-0.25, -0.2) is 8.42 Å². The highest BCUT2D eigenvalue weighted by molar-refractivity contribution is 7.93. The van der Waals surface area contributed by atoms with Crippen LogP contribution in [0.5, 0.6) is 17.2 Å². The maximum absolute atomic E-state index is 13.3. The first-order valence-corrected chi connectivity index (χ1v) is 9.39. The molecule has 0 saturated carbocycles. The molecule has 3 aromatic rings. The van der Waals surface area contributed by atoms with Gasteiger partial charge < -0.3 is 18.7 Å². The van der Waals surface area contributed by atoms with Crippen LogP contribution in [0.4, 0.5) is 19.0 Å². The highest BCUT2D eigenvalue weighted by Gasteiger charge is 2.39. The van der Waals surface area contributed by atoms with E-state index in [2.05, 4.69) is 9.88 Å². The van der Waals surface area contributed by atoms with Crippen molar-refractivity contribution in [1.82, 2.24) is 5.16 Å². The average molecular weight is 432 g/mol. The van der Waals surface area contributed by atoms with Crippen LogP contribution in [0, 0.1) is 0 Å². The van der Waals surface area contributed by atoms with E-state index in [-0.39, 0.29) is 28.3 Å². The van der Waals surface area contributed by atoms with Gasteiger partial charge in [0.25, 0.3) is 10.0 Å². The Balaban J connectivity index is 2.21. The van der Waals surface area contributed by atoms with Crippen molar-refractivity contribution in [3.63, 3.8) is 0 Å². The van der Waals surface area contributed by atoms with Crippen LogP contribution in [0.25, 0.3) is 11.0 Å². The van der Waals surface area contributed by atoms with Gasteiger partial charge in [0, 0.05) is 0 Å². The third kappa shape index (κ3) is 3.62. The van der Waals surface area contributed by atoms with Gasteiger partial charge in [-0.05, 0) is 24.3 Å². The Kier molecular flexibility index (Phi) is 5.22. The first kappa shape index (κ1) is 20.6. The standard InChI is InChI=1S/C17H15F3N2O6S/c1-25-10-5-4-6-11-13(10)16(21-28-11)22-29(23,24)15-12(26-2)8-7-9(14(15)27-3)17(18,19)20/h4-8H,1-3H3,(H,21,22). The summed E-state index contributed by atoms with van der Waals surface area (Å²) in [5, 5.41) is 3.85. The monoisotopic (exact) mass is 432 g/mol. The summed E-state index contributed by atoms with van der Waals surface area (Å²) >= 11 is 0. The number of sulfonamides is 1. The quantitative estimate of drug-likeness (QED) is 0.634. The fourth-order valence-electron chi connectivity index (χ4n) is 2.76. The Morgan fingerprint density at radius 3 is 2.28 bits per heavy atom. The fourth-order valence-corrected chi connectivity index (χ4v) is 4.11. The summed E-state index contributed by atoms with van der Waals surface area (Å²) in [6, 6.07) is 6.23. The molecule has 2 aromatic carbocycles. The van der Waals surface area contributed by atoms with Crippen molar-refractivity contribution in [2.45, 2.75) is 11.1 Å². The van der Waals surface area contributed by atoms with Crippen LogP contribution in [0.3, 0.4) is 0 Å². The normalized spacial score (nSPS) is 12.1. The molecule has 0 amide bonds. The molecule has 29 heavy (non-hydrogen) atoms. The lowest BCUT2D eigenvalue weighted by Crippen LogP contribution is -2.18. The van der Waals surface area contributed by atoms with Crippen LogP contribution in [0.1, 0.15) is 5.56 Å². The Hall–Kier alpha value is -3.15. The number of nitrogens with zero attached hydrogens (tertiary/aromatic N) is 1. The van der Waals surface area contributed by atoms with Gasteiger partial charge >= 0.3 is 6.18 Å². The second-order valence-electron chi connectivity index (χ2n) is 5.65. The number of rotatable bonds is 6. The van der Waals surface area contributed by atoms with E-state index in [9.17, 15) is 21.6 Å². The maximum Gasteiger partial charge on any atom is 0.420 e. The van der Waals surface area contributed by atoms with Gasteiger partial charge in [0.2, 0.25) is 0 Å². The predicted octanol–water partition coefficient (Wildman–Crippen LogP) is 3.67. The zero-order valence-electron chi connectivity index (χ0n) is 15.3. The molecule has 0 spiro atoms. The number of fused-ring (bicyclic) bond motifs is 1. The molecule has 0 aliphatic heterocycles. The summed E-state index contributed by atoms with van der Waals surface area (Å²) in [6.07, 6.45) is -4.86. The highest BCUT2D eigenvalue weighted by atomic mass is 32.2. The summed E-state index contributed by atoms with van der Waals surface area (Å²) in [6.45, 7) is 0. The van der Waals surface area contributed by atoms with Crippen molar-refractivity contribution >= 4 is 26.8 Å². The second-order valence-corrected chi connectivity index (χ2v) is 7.26. The van der Waals surface area contributed by atoms with Crippen molar-refractivity contribution in [2.24, 2.45) is 0 Å². The minimum absolute atomic E-state index is 0.198. The van der Waals surface area contributed by atoms with Gasteiger partial charge in [-0.2, -0.15) is 13.2 Å². The zero-order valence-corrected chi connectivity index (χ0v) is 16.1. The van der Waals surface area contributed by atoms with E-state index in [1.54, 1.807) is 12.1 Å².